The van der Waals surface area contributed by atoms with Gasteiger partial charge in [-0.1, -0.05) is 0 Å². The number of carbonyl (C=O) groups is 1. The second-order valence-corrected chi connectivity index (χ2v) is 4.01. The van der Waals surface area contributed by atoms with Crippen LogP contribution in [0.5, 0.6) is 0 Å². The zero-order chi connectivity index (χ0) is 9.30. The molecule has 1 atom stereocenters. The molecule has 0 saturated carbocycles. The molecule has 0 N–H and O–H groups in total. The Hall–Kier alpha value is -0.341. The molecule has 0 unspecified atom stereocenters. The van der Waals surface area contributed by atoms with E-state index in [-0.39, 0.29) is 11.9 Å². The SMILES string of the molecule is CC(=O)N1C(=[Se])OC[C@@H]1C(C)C. The molecular formula is C8H13NO2Se. The first-order valence-electron chi connectivity index (χ1n) is 4.00. The minimum absolute atomic E-state index is 0.0416. The van der Waals surface area contributed by atoms with Crippen LogP contribution in [0.25, 0.3) is 0 Å². The van der Waals surface area contributed by atoms with Crippen molar-refractivity contribution in [3.8, 4) is 0 Å². The molecule has 68 valence electrons. The van der Waals surface area contributed by atoms with Crippen molar-refractivity contribution in [1.29, 1.82) is 0 Å². The minimum atomic E-state index is 0.0416. The Morgan fingerprint density at radius 3 is 2.67 bits per heavy atom. The number of hydrogen-bond acceptors (Lipinski definition) is 2. The van der Waals surface area contributed by atoms with Crippen molar-refractivity contribution in [2.24, 2.45) is 5.92 Å². The zero-order valence-electron chi connectivity index (χ0n) is 7.53. The Morgan fingerprint density at radius 1 is 1.75 bits per heavy atom. The van der Waals surface area contributed by atoms with Gasteiger partial charge in [0.05, 0.1) is 0 Å². The number of rotatable bonds is 1. The molecule has 0 aromatic heterocycles. The standard InChI is InChI=1S/C8H13NO2Se/c1-5(2)7-4-11-8(12)9(7)6(3)10/h5,7H,4H2,1-3H3/t7-/m1/s1. The first-order valence-corrected chi connectivity index (χ1v) is 4.86. The van der Waals surface area contributed by atoms with Gasteiger partial charge in [-0.05, 0) is 0 Å². The average Bonchev–Trinajstić information content (AvgIpc) is 2.30. The van der Waals surface area contributed by atoms with E-state index in [2.05, 4.69) is 29.4 Å². The summed E-state index contributed by atoms with van der Waals surface area (Å²) in [7, 11) is 0. The summed E-state index contributed by atoms with van der Waals surface area (Å²) in [6, 6.07) is 0.193. The van der Waals surface area contributed by atoms with Gasteiger partial charge in [-0.3, -0.25) is 0 Å². The van der Waals surface area contributed by atoms with Gasteiger partial charge in [-0.15, -0.1) is 0 Å². The number of carbonyl (C=O) groups excluding carboxylic acids is 1. The molecule has 4 heteroatoms. The number of nitrogens with zero attached hydrogens (tertiary/aromatic N) is 1. The normalized spacial score (nSPS) is 23.2. The van der Waals surface area contributed by atoms with Crippen LogP contribution in [0.4, 0.5) is 0 Å². The second-order valence-electron chi connectivity index (χ2n) is 3.28. The molecule has 1 rings (SSSR count). The second kappa shape index (κ2) is 3.58. The first kappa shape index (κ1) is 9.75. The van der Waals surface area contributed by atoms with E-state index in [1.807, 2.05) is 0 Å². The van der Waals surface area contributed by atoms with Crippen LogP contribution in [-0.4, -0.2) is 43.8 Å². The zero-order valence-corrected chi connectivity index (χ0v) is 9.25. The summed E-state index contributed by atoms with van der Waals surface area (Å²) in [6.07, 6.45) is 0. The van der Waals surface area contributed by atoms with Crippen LogP contribution in [0.2, 0.25) is 0 Å². The van der Waals surface area contributed by atoms with Gasteiger partial charge in [-0.2, -0.15) is 0 Å². The third-order valence-corrected chi connectivity index (χ3v) is 2.67. The van der Waals surface area contributed by atoms with Gasteiger partial charge in [0.1, 0.15) is 0 Å². The summed E-state index contributed by atoms with van der Waals surface area (Å²) in [5.41, 5.74) is 0. The maximum absolute atomic E-state index is 11.2. The van der Waals surface area contributed by atoms with Gasteiger partial charge < -0.3 is 0 Å². The van der Waals surface area contributed by atoms with Crippen molar-refractivity contribution < 1.29 is 9.53 Å². The number of hydrogen-bond donors (Lipinski definition) is 0. The molecule has 3 nitrogen and oxygen atoms in total. The third-order valence-electron chi connectivity index (χ3n) is 2.01. The summed E-state index contributed by atoms with van der Waals surface area (Å²) in [5, 5.41) is 0. The fourth-order valence-electron chi connectivity index (χ4n) is 1.29. The topological polar surface area (TPSA) is 29.5 Å². The molecule has 0 radical (unpaired) electrons. The monoisotopic (exact) mass is 235 g/mol. The van der Waals surface area contributed by atoms with Crippen molar-refractivity contribution in [3.63, 3.8) is 0 Å². The number of amides is 1. The van der Waals surface area contributed by atoms with Gasteiger partial charge in [0.15, 0.2) is 0 Å². The molecule has 0 aromatic carbocycles. The first-order chi connectivity index (χ1) is 5.54. The van der Waals surface area contributed by atoms with Gasteiger partial charge in [0.2, 0.25) is 0 Å². The molecule has 1 saturated heterocycles. The Kier molecular flexibility index (Phi) is 2.91. The summed E-state index contributed by atoms with van der Waals surface area (Å²) in [6.45, 7) is 6.34. The summed E-state index contributed by atoms with van der Waals surface area (Å²) >= 11 is 2.75. The van der Waals surface area contributed by atoms with Crippen LogP contribution in [0.3, 0.4) is 0 Å². The molecule has 0 bridgehead atoms. The van der Waals surface area contributed by atoms with Crippen LogP contribution in [0.1, 0.15) is 20.8 Å². The molecule has 12 heavy (non-hydrogen) atoms. The van der Waals surface area contributed by atoms with E-state index in [4.69, 9.17) is 4.74 Å². The number of ether oxygens (including phenoxy) is 1. The molecule has 1 aliphatic heterocycles. The van der Waals surface area contributed by atoms with E-state index in [1.54, 1.807) is 11.8 Å². The van der Waals surface area contributed by atoms with E-state index in [0.717, 1.165) is 0 Å². The van der Waals surface area contributed by atoms with E-state index in [0.29, 0.717) is 17.3 Å². The molecule has 0 aromatic rings. The predicted octanol–water partition coefficient (Wildman–Crippen LogP) is 0.146. The fourth-order valence-corrected chi connectivity index (χ4v) is 1.99. The average molecular weight is 234 g/mol. The molecule has 1 aliphatic rings. The van der Waals surface area contributed by atoms with E-state index < -0.39 is 0 Å². The van der Waals surface area contributed by atoms with Crippen molar-refractivity contribution in [2.45, 2.75) is 26.8 Å². The maximum atomic E-state index is 11.2. The van der Waals surface area contributed by atoms with Crippen molar-refractivity contribution >= 4 is 26.2 Å². The molecular weight excluding hydrogens is 221 g/mol. The molecule has 1 heterocycles. The van der Waals surface area contributed by atoms with Crippen LogP contribution in [0, 0.1) is 5.92 Å². The van der Waals surface area contributed by atoms with Crippen molar-refractivity contribution in [1.82, 2.24) is 4.90 Å². The Morgan fingerprint density at radius 2 is 2.33 bits per heavy atom. The van der Waals surface area contributed by atoms with Gasteiger partial charge >= 0.3 is 80.0 Å². The summed E-state index contributed by atoms with van der Waals surface area (Å²) in [4.78, 5) is 12.9. The van der Waals surface area contributed by atoms with Gasteiger partial charge in [0.25, 0.3) is 0 Å². The fraction of sp³-hybridized carbons (Fsp3) is 0.750. The Bertz CT molecular complexity index is 215. The molecule has 1 fully saturated rings. The Balaban J connectivity index is 2.77. The van der Waals surface area contributed by atoms with Crippen LogP contribution >= 0.6 is 0 Å². The summed E-state index contributed by atoms with van der Waals surface area (Å²) < 4.78 is 5.88. The van der Waals surface area contributed by atoms with Crippen molar-refractivity contribution in [2.75, 3.05) is 6.61 Å². The van der Waals surface area contributed by atoms with Gasteiger partial charge in [-0.25, -0.2) is 0 Å². The molecule has 0 aliphatic carbocycles. The third kappa shape index (κ3) is 1.70. The molecule has 1 amide bonds. The van der Waals surface area contributed by atoms with Crippen molar-refractivity contribution in [3.05, 3.63) is 0 Å². The van der Waals surface area contributed by atoms with Crippen LogP contribution < -0.4 is 0 Å². The van der Waals surface area contributed by atoms with E-state index >= 15 is 0 Å². The summed E-state index contributed by atoms with van der Waals surface area (Å²) in [5.74, 6) is 0.472. The van der Waals surface area contributed by atoms with E-state index in [9.17, 15) is 4.79 Å². The van der Waals surface area contributed by atoms with Crippen LogP contribution in [-0.2, 0) is 9.53 Å². The quantitative estimate of drug-likeness (QED) is 0.604. The Labute approximate surface area is 80.4 Å². The van der Waals surface area contributed by atoms with Gasteiger partial charge in [0, 0.05) is 0 Å². The van der Waals surface area contributed by atoms with Crippen LogP contribution in [0.15, 0.2) is 0 Å². The van der Waals surface area contributed by atoms with E-state index in [1.165, 1.54) is 0 Å². The predicted molar refractivity (Wildman–Crippen MR) is 47.9 cm³/mol. The molecule has 0 spiro atoms.